The van der Waals surface area contributed by atoms with Crippen molar-refractivity contribution < 1.29 is 9.53 Å². The second-order valence-electron chi connectivity index (χ2n) is 8.57. The second kappa shape index (κ2) is 8.90. The molecule has 3 unspecified atom stereocenters. The van der Waals surface area contributed by atoms with Crippen molar-refractivity contribution in [3.8, 4) is 5.75 Å². The molecule has 0 spiro atoms. The lowest BCUT2D eigenvalue weighted by Crippen LogP contribution is -2.40. The molecule has 2 aliphatic heterocycles. The molecule has 2 saturated heterocycles. The number of piperidine rings is 1. The van der Waals surface area contributed by atoms with Crippen molar-refractivity contribution in [2.45, 2.75) is 77.4 Å². The van der Waals surface area contributed by atoms with Crippen LogP contribution in [0.3, 0.4) is 0 Å². The molecule has 2 fully saturated rings. The van der Waals surface area contributed by atoms with E-state index in [1.807, 2.05) is 12.1 Å². The molecule has 0 radical (unpaired) electrons. The Bertz CT molecular complexity index is 572. The first kappa shape index (κ1) is 19.2. The van der Waals surface area contributed by atoms with Crippen molar-refractivity contribution in [2.24, 2.45) is 11.8 Å². The average molecular weight is 359 g/mol. The fraction of sp³-hybridized carbons (Fsp3) is 0.682. The molecule has 144 valence electrons. The lowest BCUT2D eigenvalue weighted by Gasteiger charge is -2.29. The number of benzene rings is 1. The number of hydrogen-bond donors (Lipinski definition) is 2. The first-order valence-corrected chi connectivity index (χ1v) is 10.3. The van der Waals surface area contributed by atoms with E-state index < -0.39 is 0 Å². The number of hydrogen-bond acceptors (Lipinski definition) is 3. The van der Waals surface area contributed by atoms with E-state index in [9.17, 15) is 4.79 Å². The van der Waals surface area contributed by atoms with Crippen molar-refractivity contribution in [1.29, 1.82) is 0 Å². The normalized spacial score (nSPS) is 25.9. The van der Waals surface area contributed by atoms with Crippen LogP contribution in [-0.4, -0.2) is 24.6 Å². The number of ether oxygens (including phenoxy) is 1. The molecule has 1 aromatic rings. The van der Waals surface area contributed by atoms with Crippen LogP contribution in [0.5, 0.6) is 5.75 Å². The zero-order valence-corrected chi connectivity index (χ0v) is 16.5. The molecule has 4 heteroatoms. The van der Waals surface area contributed by atoms with Crippen LogP contribution in [0.15, 0.2) is 24.3 Å². The number of fused-ring (bicyclic) bond motifs is 2. The number of carbonyl (C=O) groups is 1. The van der Waals surface area contributed by atoms with Gasteiger partial charge in [0.2, 0.25) is 5.91 Å². The number of nitrogens with one attached hydrogen (secondary N) is 2. The van der Waals surface area contributed by atoms with Crippen LogP contribution in [0.2, 0.25) is 0 Å². The summed E-state index contributed by atoms with van der Waals surface area (Å²) in [5, 5.41) is 6.81. The Balaban J connectivity index is 1.43. The fourth-order valence-corrected chi connectivity index (χ4v) is 4.25. The largest absolute Gasteiger partial charge is 0.494 e. The molecule has 3 atom stereocenters. The van der Waals surface area contributed by atoms with E-state index in [0.717, 1.165) is 37.2 Å². The van der Waals surface area contributed by atoms with Crippen LogP contribution in [0.1, 0.15) is 70.9 Å². The molecule has 0 aliphatic carbocycles. The lowest BCUT2D eigenvalue weighted by molar-refractivity contribution is -0.122. The van der Waals surface area contributed by atoms with Gasteiger partial charge in [0.25, 0.3) is 0 Å². The van der Waals surface area contributed by atoms with Gasteiger partial charge in [0.1, 0.15) is 5.75 Å². The molecule has 1 aromatic carbocycles. The van der Waals surface area contributed by atoms with Crippen LogP contribution in [-0.2, 0) is 4.79 Å². The van der Waals surface area contributed by atoms with Crippen LogP contribution >= 0.6 is 0 Å². The van der Waals surface area contributed by atoms with Gasteiger partial charge in [-0.3, -0.25) is 4.79 Å². The molecule has 26 heavy (non-hydrogen) atoms. The van der Waals surface area contributed by atoms with Gasteiger partial charge in [-0.2, -0.15) is 0 Å². The third-order valence-electron chi connectivity index (χ3n) is 5.77. The monoisotopic (exact) mass is 358 g/mol. The van der Waals surface area contributed by atoms with E-state index in [-0.39, 0.29) is 11.9 Å². The Hall–Kier alpha value is -1.55. The summed E-state index contributed by atoms with van der Waals surface area (Å²) in [4.78, 5) is 12.4. The zero-order chi connectivity index (χ0) is 18.5. The van der Waals surface area contributed by atoms with Crippen molar-refractivity contribution in [3.63, 3.8) is 0 Å². The maximum absolute atomic E-state index is 12.4. The maximum Gasteiger partial charge on any atom is 0.220 e. The van der Waals surface area contributed by atoms with E-state index in [0.29, 0.717) is 30.3 Å². The SMILES string of the molecule is CC(C)CCOc1ccc(C(C)NC(=O)CC2CC3CCC(C2)N3)cc1. The van der Waals surface area contributed by atoms with Crippen molar-refractivity contribution >= 4 is 5.91 Å². The predicted molar refractivity (Wildman–Crippen MR) is 105 cm³/mol. The van der Waals surface area contributed by atoms with Crippen molar-refractivity contribution in [3.05, 3.63) is 29.8 Å². The molecule has 0 aromatic heterocycles. The van der Waals surface area contributed by atoms with Gasteiger partial charge in [-0.1, -0.05) is 26.0 Å². The molecule has 0 saturated carbocycles. The third-order valence-corrected chi connectivity index (χ3v) is 5.77. The Morgan fingerprint density at radius 1 is 1.15 bits per heavy atom. The number of amides is 1. The predicted octanol–water partition coefficient (Wildman–Crippen LogP) is 4.21. The second-order valence-corrected chi connectivity index (χ2v) is 8.57. The van der Waals surface area contributed by atoms with Gasteiger partial charge in [0.15, 0.2) is 0 Å². The highest BCUT2D eigenvalue weighted by Crippen LogP contribution is 2.32. The lowest BCUT2D eigenvalue weighted by atomic mass is 9.89. The van der Waals surface area contributed by atoms with Crippen LogP contribution in [0.25, 0.3) is 0 Å². The van der Waals surface area contributed by atoms with E-state index in [1.165, 1.54) is 12.8 Å². The van der Waals surface area contributed by atoms with Crippen molar-refractivity contribution in [1.82, 2.24) is 10.6 Å². The summed E-state index contributed by atoms with van der Waals surface area (Å²) in [5.41, 5.74) is 1.12. The zero-order valence-electron chi connectivity index (χ0n) is 16.5. The number of carbonyl (C=O) groups excluding carboxylic acids is 1. The molecule has 2 heterocycles. The minimum Gasteiger partial charge on any atom is -0.494 e. The summed E-state index contributed by atoms with van der Waals surface area (Å²) in [6.45, 7) is 7.21. The highest BCUT2D eigenvalue weighted by molar-refractivity contribution is 5.76. The van der Waals surface area contributed by atoms with Crippen LogP contribution < -0.4 is 15.4 Å². The molecule has 4 nitrogen and oxygen atoms in total. The molecular weight excluding hydrogens is 324 g/mol. The summed E-state index contributed by atoms with van der Waals surface area (Å²) in [5.74, 6) is 2.27. The summed E-state index contributed by atoms with van der Waals surface area (Å²) in [6, 6.07) is 9.44. The van der Waals surface area contributed by atoms with Crippen molar-refractivity contribution in [2.75, 3.05) is 6.61 Å². The fourth-order valence-electron chi connectivity index (χ4n) is 4.25. The standard InChI is InChI=1S/C22H34N2O2/c1-15(2)10-11-26-21-8-4-18(5-9-21)16(3)23-22(25)14-17-12-19-6-7-20(13-17)24-19/h4-5,8-9,15-17,19-20,24H,6-7,10-14H2,1-3H3,(H,23,25). The van der Waals surface area contributed by atoms with E-state index in [1.54, 1.807) is 0 Å². The molecule has 2 bridgehead atoms. The highest BCUT2D eigenvalue weighted by atomic mass is 16.5. The summed E-state index contributed by atoms with van der Waals surface area (Å²) in [7, 11) is 0. The van der Waals surface area contributed by atoms with Gasteiger partial charge in [-0.05, 0) is 68.6 Å². The van der Waals surface area contributed by atoms with Gasteiger partial charge in [-0.15, -0.1) is 0 Å². The first-order valence-electron chi connectivity index (χ1n) is 10.3. The van der Waals surface area contributed by atoms with Crippen LogP contribution in [0.4, 0.5) is 0 Å². The van der Waals surface area contributed by atoms with Gasteiger partial charge < -0.3 is 15.4 Å². The molecular formula is C22H34N2O2. The first-order chi connectivity index (χ1) is 12.5. The summed E-state index contributed by atoms with van der Waals surface area (Å²) >= 11 is 0. The minimum atomic E-state index is 0.0330. The quantitative estimate of drug-likeness (QED) is 0.732. The van der Waals surface area contributed by atoms with E-state index in [4.69, 9.17) is 4.74 Å². The van der Waals surface area contributed by atoms with Crippen LogP contribution in [0, 0.1) is 11.8 Å². The van der Waals surface area contributed by atoms with Gasteiger partial charge in [0, 0.05) is 18.5 Å². The Labute approximate surface area is 158 Å². The summed E-state index contributed by atoms with van der Waals surface area (Å²) < 4.78 is 5.77. The van der Waals surface area contributed by atoms with E-state index in [2.05, 4.69) is 43.5 Å². The average Bonchev–Trinajstić information content (AvgIpc) is 2.93. The molecule has 3 rings (SSSR count). The maximum atomic E-state index is 12.4. The highest BCUT2D eigenvalue weighted by Gasteiger charge is 2.34. The van der Waals surface area contributed by atoms with Gasteiger partial charge >= 0.3 is 0 Å². The van der Waals surface area contributed by atoms with Gasteiger partial charge in [0.05, 0.1) is 12.6 Å². The Morgan fingerprint density at radius 2 is 1.81 bits per heavy atom. The molecule has 2 aliphatic rings. The summed E-state index contributed by atoms with van der Waals surface area (Å²) in [6.07, 6.45) is 6.60. The Kier molecular flexibility index (Phi) is 6.58. The topological polar surface area (TPSA) is 50.4 Å². The van der Waals surface area contributed by atoms with E-state index >= 15 is 0 Å². The Morgan fingerprint density at radius 3 is 2.42 bits per heavy atom. The third kappa shape index (κ3) is 5.47. The minimum absolute atomic E-state index is 0.0330. The number of rotatable bonds is 8. The molecule has 2 N–H and O–H groups in total. The molecule has 1 amide bonds. The van der Waals surface area contributed by atoms with Gasteiger partial charge in [-0.25, -0.2) is 0 Å². The smallest absolute Gasteiger partial charge is 0.220 e.